The van der Waals surface area contributed by atoms with E-state index >= 15 is 0 Å². The molecular formula is C46H46HfN2. The Balaban J connectivity index is 0.000000238. The number of aromatic nitrogens is 1. The number of hydrogen-bond donors (Lipinski definition) is 0. The molecule has 0 amide bonds. The van der Waals surface area contributed by atoms with E-state index in [2.05, 4.69) is 89.0 Å². The Morgan fingerprint density at radius 3 is 1.29 bits per heavy atom. The molecule has 0 unspecified atom stereocenters. The first-order valence-corrected chi connectivity index (χ1v) is 16.1. The van der Waals surface area contributed by atoms with Gasteiger partial charge >= 0.3 is 25.8 Å². The number of nitrogens with zero attached hydrogens (tertiary/aromatic N) is 2. The summed E-state index contributed by atoms with van der Waals surface area (Å²) >= 11 is 0. The Kier molecular flexibility index (Phi) is 19.2. The van der Waals surface area contributed by atoms with Crippen LogP contribution < -0.4 is 0 Å². The number of pyridine rings is 1. The van der Waals surface area contributed by atoms with E-state index in [1.54, 1.807) is 0 Å². The summed E-state index contributed by atoms with van der Waals surface area (Å²) < 4.78 is 0. The molecule has 49 heavy (non-hydrogen) atoms. The summed E-state index contributed by atoms with van der Waals surface area (Å²) in [6, 6.07) is 58.3. The van der Waals surface area contributed by atoms with Gasteiger partial charge in [0.15, 0.2) is 0 Å². The molecule has 0 spiro atoms. The van der Waals surface area contributed by atoms with Crippen molar-refractivity contribution in [2.24, 2.45) is 0 Å². The molecular weight excluding hydrogens is 759 g/mol. The zero-order chi connectivity index (χ0) is 34.4. The van der Waals surface area contributed by atoms with Gasteiger partial charge in [0.2, 0.25) is 0 Å². The predicted octanol–water partition coefficient (Wildman–Crippen LogP) is 13.3. The average Bonchev–Trinajstić information content (AvgIpc) is 3.11. The predicted molar refractivity (Wildman–Crippen MR) is 209 cm³/mol. The van der Waals surface area contributed by atoms with Crippen LogP contribution >= 0.6 is 0 Å². The van der Waals surface area contributed by atoms with Gasteiger partial charge in [0.1, 0.15) is 0 Å². The number of benzene rings is 6. The first-order chi connectivity index (χ1) is 23.3. The molecule has 0 aliphatic heterocycles. The molecule has 0 radical (unpaired) electrons. The Morgan fingerprint density at radius 2 is 0.878 bits per heavy atom. The molecule has 0 N–H and O–H groups in total. The van der Waals surface area contributed by atoms with E-state index in [0.717, 1.165) is 39.0 Å². The van der Waals surface area contributed by atoms with Crippen molar-refractivity contribution in [1.82, 2.24) is 4.98 Å². The van der Waals surface area contributed by atoms with Crippen LogP contribution in [0.15, 0.2) is 182 Å². The van der Waals surface area contributed by atoms with Crippen molar-refractivity contribution in [3.63, 3.8) is 0 Å². The molecule has 244 valence electrons. The van der Waals surface area contributed by atoms with Crippen LogP contribution in [0, 0.1) is 27.7 Å². The smallest absolute Gasteiger partial charge is 0.656 e. The second kappa shape index (κ2) is 23.4. The van der Waals surface area contributed by atoms with Gasteiger partial charge < -0.3 is 5.32 Å². The molecule has 0 saturated heterocycles. The Morgan fingerprint density at radius 1 is 0.469 bits per heavy atom. The van der Waals surface area contributed by atoms with Crippen LogP contribution in [0.25, 0.3) is 16.2 Å². The van der Waals surface area contributed by atoms with Crippen LogP contribution in [0.3, 0.4) is 0 Å². The molecule has 0 saturated carbocycles. The summed E-state index contributed by atoms with van der Waals surface area (Å²) in [6.45, 7) is 17.6. The fourth-order valence-electron chi connectivity index (χ4n) is 4.35. The average molecular weight is 805 g/mol. The first-order valence-electron chi connectivity index (χ1n) is 16.1. The third-order valence-electron chi connectivity index (χ3n) is 6.88. The van der Waals surface area contributed by atoms with E-state index < -0.39 is 0 Å². The maximum Gasteiger partial charge on any atom is 4.00 e. The van der Waals surface area contributed by atoms with Gasteiger partial charge in [0.05, 0.1) is 5.52 Å². The molecule has 0 aliphatic rings. The first kappa shape index (κ1) is 40.2. The molecule has 0 fully saturated rings. The standard InChI is InChI=1S/C18H17N2.C7H8.3C7H7.Hf/c1-13(2)15-9-3-4-10-16(15)20-17-11-5-7-14-8-6-12-19-18(14)17;4*1-7-5-3-2-4-6-7;/h3-13H,1-2H3;2-6H,1H3;3*2-6H,1H2;/q-1;;3*-1;+4. The number of rotatable bonds is 3. The SMILES string of the molecule is CC(C)c1ccccc1[N-]c1cccc2cccnc12.Cc1ccccc1.[CH2-]c1ccccc1.[CH2-]c1ccccc1.[CH2-]c1ccccc1.[Hf+4]. The Bertz CT molecular complexity index is 1680. The summed E-state index contributed by atoms with van der Waals surface area (Å²) in [7, 11) is 0. The van der Waals surface area contributed by atoms with E-state index in [9.17, 15) is 0 Å². The maximum absolute atomic E-state index is 4.83. The zero-order valence-electron chi connectivity index (χ0n) is 28.9. The van der Waals surface area contributed by atoms with Gasteiger partial charge in [-0.3, -0.25) is 4.98 Å². The largest absolute Gasteiger partial charge is 4.00 e. The summed E-state index contributed by atoms with van der Waals surface area (Å²) in [6.07, 6.45) is 1.82. The number of hydrogen-bond acceptors (Lipinski definition) is 1. The molecule has 6 aromatic carbocycles. The minimum atomic E-state index is 0. The van der Waals surface area contributed by atoms with Crippen LogP contribution in [0.5, 0.6) is 0 Å². The van der Waals surface area contributed by atoms with Crippen molar-refractivity contribution in [2.45, 2.75) is 26.7 Å². The molecule has 2 nitrogen and oxygen atoms in total. The number of para-hydroxylation sites is 2. The fraction of sp³-hybridized carbons (Fsp3) is 0.0870. The molecule has 3 heteroatoms. The van der Waals surface area contributed by atoms with Crippen LogP contribution in [-0.2, 0) is 25.8 Å². The van der Waals surface area contributed by atoms with Crippen LogP contribution in [-0.4, -0.2) is 4.98 Å². The van der Waals surface area contributed by atoms with Gasteiger partial charge in [0, 0.05) is 6.20 Å². The Labute approximate surface area is 314 Å². The van der Waals surface area contributed by atoms with Gasteiger partial charge in [-0.25, -0.2) is 0 Å². The summed E-state index contributed by atoms with van der Waals surface area (Å²) in [4.78, 5) is 4.46. The van der Waals surface area contributed by atoms with E-state index in [4.69, 9.17) is 5.32 Å². The minimum absolute atomic E-state index is 0. The monoisotopic (exact) mass is 806 g/mol. The van der Waals surface area contributed by atoms with E-state index in [0.29, 0.717) is 5.92 Å². The molecule has 0 bridgehead atoms. The van der Waals surface area contributed by atoms with Gasteiger partial charge in [-0.05, 0) is 24.3 Å². The van der Waals surface area contributed by atoms with Crippen molar-refractivity contribution >= 4 is 22.3 Å². The molecule has 1 heterocycles. The molecule has 0 aliphatic carbocycles. The van der Waals surface area contributed by atoms with Crippen molar-refractivity contribution in [2.75, 3.05) is 0 Å². The van der Waals surface area contributed by atoms with Crippen molar-refractivity contribution in [3.05, 3.63) is 236 Å². The topological polar surface area (TPSA) is 27.0 Å². The van der Waals surface area contributed by atoms with Crippen LogP contribution in [0.4, 0.5) is 11.4 Å². The van der Waals surface area contributed by atoms with Crippen LogP contribution in [0.1, 0.15) is 47.6 Å². The molecule has 0 atom stereocenters. The normalized spacial score (nSPS) is 9.39. The summed E-state index contributed by atoms with van der Waals surface area (Å²) in [5.74, 6) is 0.456. The van der Waals surface area contributed by atoms with Gasteiger partial charge in [-0.2, -0.15) is 73.9 Å². The maximum atomic E-state index is 4.83. The van der Waals surface area contributed by atoms with Gasteiger partial charge in [-0.15, -0.1) is 47.8 Å². The minimum Gasteiger partial charge on any atom is -0.656 e. The quantitative estimate of drug-likeness (QED) is 0.129. The van der Waals surface area contributed by atoms with Gasteiger partial charge in [0.25, 0.3) is 0 Å². The number of aryl methyl sites for hydroxylation is 1. The van der Waals surface area contributed by atoms with E-state index in [1.165, 1.54) is 11.1 Å². The van der Waals surface area contributed by atoms with E-state index in [-0.39, 0.29) is 25.8 Å². The molecule has 7 aromatic rings. The van der Waals surface area contributed by atoms with E-state index in [1.807, 2.05) is 140 Å². The summed E-state index contributed by atoms with van der Waals surface area (Å²) in [5.41, 5.74) is 8.71. The van der Waals surface area contributed by atoms with Gasteiger partial charge in [-0.1, -0.05) is 122 Å². The second-order valence-corrected chi connectivity index (χ2v) is 11.3. The third-order valence-corrected chi connectivity index (χ3v) is 6.88. The molecule has 1 aromatic heterocycles. The fourth-order valence-corrected chi connectivity index (χ4v) is 4.35. The number of fused-ring (bicyclic) bond motifs is 1. The van der Waals surface area contributed by atoms with Crippen molar-refractivity contribution < 1.29 is 25.8 Å². The van der Waals surface area contributed by atoms with Crippen molar-refractivity contribution in [1.29, 1.82) is 0 Å². The Hall–Kier alpha value is -4.99. The van der Waals surface area contributed by atoms with Crippen LogP contribution in [0.2, 0.25) is 0 Å². The third kappa shape index (κ3) is 16.1. The second-order valence-electron chi connectivity index (χ2n) is 11.3. The molecule has 7 rings (SSSR count). The zero-order valence-corrected chi connectivity index (χ0v) is 32.5. The summed E-state index contributed by atoms with van der Waals surface area (Å²) in [5, 5.41) is 5.95. The van der Waals surface area contributed by atoms with Crippen molar-refractivity contribution in [3.8, 4) is 0 Å².